The Morgan fingerprint density at radius 2 is 2.06 bits per heavy atom. The molecule has 1 N–H and O–H groups in total. The molecule has 18 heavy (non-hydrogen) atoms. The quantitative estimate of drug-likeness (QED) is 0.874. The highest BCUT2D eigenvalue weighted by atomic mass is 16.5. The molecule has 2 aromatic rings. The highest BCUT2D eigenvalue weighted by molar-refractivity contribution is 5.75. The Hall–Kier alpha value is -2.17. The predicted octanol–water partition coefficient (Wildman–Crippen LogP) is 1.94. The lowest BCUT2D eigenvalue weighted by atomic mass is 10.0. The van der Waals surface area contributed by atoms with Crippen LogP contribution in [0.15, 0.2) is 33.6 Å². The molecule has 5 heteroatoms. The van der Waals surface area contributed by atoms with E-state index in [1.807, 2.05) is 24.3 Å². The third kappa shape index (κ3) is 3.16. The first kappa shape index (κ1) is 12.3. The van der Waals surface area contributed by atoms with E-state index in [1.54, 1.807) is 6.92 Å². The van der Waals surface area contributed by atoms with Gasteiger partial charge in [0.1, 0.15) is 5.78 Å². The second-order valence-electron chi connectivity index (χ2n) is 4.20. The maximum atomic E-state index is 10.8. The zero-order valence-electron chi connectivity index (χ0n) is 10.1. The van der Waals surface area contributed by atoms with Gasteiger partial charge in [0.25, 0.3) is 0 Å². The largest absolute Gasteiger partial charge is 0.439 e. The van der Waals surface area contributed by atoms with Gasteiger partial charge < -0.3 is 4.79 Å². The standard InChI is InChI=1S/C13H14N2O3/c1-9(16)3-2-4-10-5-7-11(8-6-10)12-14-13(17)18-15-12/h5-8H,2-4H2,1H3,(H,14,15,17). The molecule has 1 aromatic heterocycles. The number of benzene rings is 1. The van der Waals surface area contributed by atoms with E-state index in [4.69, 9.17) is 0 Å². The number of nitrogens with one attached hydrogen (secondary N) is 1. The van der Waals surface area contributed by atoms with Crippen molar-refractivity contribution < 1.29 is 9.32 Å². The number of aromatic amines is 1. The van der Waals surface area contributed by atoms with Gasteiger partial charge in [-0.05, 0) is 25.3 Å². The SMILES string of the molecule is CC(=O)CCCc1ccc(-c2noc(=O)[nH]2)cc1. The van der Waals surface area contributed by atoms with Crippen LogP contribution < -0.4 is 5.76 Å². The van der Waals surface area contributed by atoms with E-state index in [1.165, 1.54) is 0 Å². The molecule has 0 aliphatic carbocycles. The summed E-state index contributed by atoms with van der Waals surface area (Å²) in [6.07, 6.45) is 2.34. The fraction of sp³-hybridized carbons (Fsp3) is 0.308. The minimum atomic E-state index is -0.560. The van der Waals surface area contributed by atoms with Crippen LogP contribution in [0, 0.1) is 0 Å². The molecule has 0 bridgehead atoms. The van der Waals surface area contributed by atoms with Crippen LogP contribution in [0.4, 0.5) is 0 Å². The Morgan fingerprint density at radius 1 is 1.33 bits per heavy atom. The van der Waals surface area contributed by atoms with Gasteiger partial charge in [-0.2, -0.15) is 0 Å². The van der Waals surface area contributed by atoms with Crippen molar-refractivity contribution in [3.8, 4) is 11.4 Å². The van der Waals surface area contributed by atoms with Gasteiger partial charge in [0.2, 0.25) is 0 Å². The van der Waals surface area contributed by atoms with Crippen LogP contribution in [0.1, 0.15) is 25.3 Å². The van der Waals surface area contributed by atoms with Gasteiger partial charge in [-0.3, -0.25) is 9.51 Å². The maximum Gasteiger partial charge on any atom is 0.439 e. The number of H-pyrrole nitrogens is 1. The number of Topliss-reactive ketones (excluding diaryl/α,β-unsaturated/α-hetero) is 1. The minimum absolute atomic E-state index is 0.215. The molecule has 2 rings (SSSR count). The monoisotopic (exact) mass is 246 g/mol. The van der Waals surface area contributed by atoms with Crippen molar-refractivity contribution in [1.82, 2.24) is 10.1 Å². The Balaban J connectivity index is 2.01. The average Bonchev–Trinajstić information content (AvgIpc) is 2.76. The van der Waals surface area contributed by atoms with Gasteiger partial charge in [-0.15, -0.1) is 0 Å². The molecule has 0 fully saturated rings. The average molecular weight is 246 g/mol. The van der Waals surface area contributed by atoms with E-state index >= 15 is 0 Å². The van der Waals surface area contributed by atoms with Crippen LogP contribution in [0.2, 0.25) is 0 Å². The smallest absolute Gasteiger partial charge is 0.300 e. The number of carbonyl (C=O) groups is 1. The van der Waals surface area contributed by atoms with Crippen molar-refractivity contribution in [2.24, 2.45) is 0 Å². The topological polar surface area (TPSA) is 76.0 Å². The molecule has 0 unspecified atom stereocenters. The second-order valence-corrected chi connectivity index (χ2v) is 4.20. The number of aromatic nitrogens is 2. The van der Waals surface area contributed by atoms with E-state index in [2.05, 4.69) is 14.7 Å². The molecular weight excluding hydrogens is 232 g/mol. The number of hydrogen-bond acceptors (Lipinski definition) is 4. The molecule has 0 aliphatic heterocycles. The molecule has 5 nitrogen and oxygen atoms in total. The number of hydrogen-bond donors (Lipinski definition) is 1. The van der Waals surface area contributed by atoms with E-state index in [0.717, 1.165) is 24.0 Å². The molecule has 0 saturated heterocycles. The van der Waals surface area contributed by atoms with E-state index in [-0.39, 0.29) is 5.78 Å². The fourth-order valence-corrected chi connectivity index (χ4v) is 1.73. The van der Waals surface area contributed by atoms with Gasteiger partial charge in [0, 0.05) is 12.0 Å². The normalized spacial score (nSPS) is 10.5. The molecule has 0 spiro atoms. The summed E-state index contributed by atoms with van der Waals surface area (Å²) >= 11 is 0. The van der Waals surface area contributed by atoms with Crippen LogP contribution in [0.25, 0.3) is 11.4 Å². The van der Waals surface area contributed by atoms with Crippen LogP contribution in [0.5, 0.6) is 0 Å². The molecule has 94 valence electrons. The molecular formula is C13H14N2O3. The summed E-state index contributed by atoms with van der Waals surface area (Å²) in [5.41, 5.74) is 1.96. The zero-order chi connectivity index (χ0) is 13.0. The van der Waals surface area contributed by atoms with Gasteiger partial charge in [-0.1, -0.05) is 29.4 Å². The lowest BCUT2D eigenvalue weighted by molar-refractivity contribution is -0.117. The van der Waals surface area contributed by atoms with E-state index in [0.29, 0.717) is 12.2 Å². The molecule has 0 amide bonds. The Morgan fingerprint density at radius 3 is 2.61 bits per heavy atom. The molecule has 0 radical (unpaired) electrons. The lowest BCUT2D eigenvalue weighted by Gasteiger charge is -2.01. The number of ketones is 1. The molecule has 0 aliphatic rings. The minimum Gasteiger partial charge on any atom is -0.300 e. The Bertz CT molecular complexity index is 581. The van der Waals surface area contributed by atoms with Crippen LogP contribution >= 0.6 is 0 Å². The predicted molar refractivity (Wildman–Crippen MR) is 66.2 cm³/mol. The highest BCUT2D eigenvalue weighted by Gasteiger charge is 2.04. The Labute approximate surface area is 104 Å². The van der Waals surface area contributed by atoms with Crippen molar-refractivity contribution in [3.63, 3.8) is 0 Å². The van der Waals surface area contributed by atoms with Crippen molar-refractivity contribution in [3.05, 3.63) is 40.4 Å². The Kier molecular flexibility index (Phi) is 3.72. The summed E-state index contributed by atoms with van der Waals surface area (Å²) in [5, 5.41) is 3.61. The van der Waals surface area contributed by atoms with Crippen LogP contribution in [0.3, 0.4) is 0 Å². The maximum absolute atomic E-state index is 10.8. The summed E-state index contributed by atoms with van der Waals surface area (Å²) in [4.78, 5) is 24.1. The lowest BCUT2D eigenvalue weighted by Crippen LogP contribution is -1.95. The van der Waals surface area contributed by atoms with Crippen molar-refractivity contribution in [2.45, 2.75) is 26.2 Å². The van der Waals surface area contributed by atoms with Crippen molar-refractivity contribution >= 4 is 5.78 Å². The summed E-state index contributed by atoms with van der Waals surface area (Å²) in [6.45, 7) is 1.60. The zero-order valence-corrected chi connectivity index (χ0v) is 10.1. The first-order chi connectivity index (χ1) is 8.65. The van der Waals surface area contributed by atoms with Crippen molar-refractivity contribution in [1.29, 1.82) is 0 Å². The number of nitrogens with zero attached hydrogens (tertiary/aromatic N) is 1. The van der Waals surface area contributed by atoms with Crippen LogP contribution in [-0.2, 0) is 11.2 Å². The highest BCUT2D eigenvalue weighted by Crippen LogP contribution is 2.15. The summed E-state index contributed by atoms with van der Waals surface area (Å²) in [6, 6.07) is 7.67. The van der Waals surface area contributed by atoms with Gasteiger partial charge in [0.15, 0.2) is 5.82 Å². The van der Waals surface area contributed by atoms with Gasteiger partial charge in [-0.25, -0.2) is 4.79 Å². The number of rotatable bonds is 5. The third-order valence-electron chi connectivity index (χ3n) is 2.66. The first-order valence-electron chi connectivity index (χ1n) is 5.80. The van der Waals surface area contributed by atoms with E-state index < -0.39 is 5.76 Å². The second kappa shape index (κ2) is 5.44. The summed E-state index contributed by atoms with van der Waals surface area (Å²) in [5.74, 6) is 0.0811. The first-order valence-corrected chi connectivity index (χ1v) is 5.80. The van der Waals surface area contributed by atoms with Crippen molar-refractivity contribution in [2.75, 3.05) is 0 Å². The molecule has 0 saturated carbocycles. The molecule has 1 heterocycles. The third-order valence-corrected chi connectivity index (χ3v) is 2.66. The van der Waals surface area contributed by atoms with Gasteiger partial charge >= 0.3 is 5.76 Å². The summed E-state index contributed by atoms with van der Waals surface area (Å²) < 4.78 is 4.44. The van der Waals surface area contributed by atoms with E-state index in [9.17, 15) is 9.59 Å². The van der Waals surface area contributed by atoms with Crippen LogP contribution in [-0.4, -0.2) is 15.9 Å². The summed E-state index contributed by atoms with van der Waals surface area (Å²) in [7, 11) is 0. The molecule has 0 atom stereocenters. The number of aryl methyl sites for hydroxylation is 1. The molecule has 1 aromatic carbocycles. The number of carbonyl (C=O) groups excluding carboxylic acids is 1. The van der Waals surface area contributed by atoms with Gasteiger partial charge in [0.05, 0.1) is 0 Å². The fourth-order valence-electron chi connectivity index (χ4n) is 1.73.